The highest BCUT2D eigenvalue weighted by Crippen LogP contribution is 2.20. The Morgan fingerprint density at radius 1 is 1.21 bits per heavy atom. The van der Waals surface area contributed by atoms with Crippen molar-refractivity contribution < 1.29 is 0 Å². The second-order valence-electron chi connectivity index (χ2n) is 4.36. The average molecular weight is 317 g/mol. The zero-order valence-electron chi connectivity index (χ0n) is 10.4. The molecule has 19 heavy (non-hydrogen) atoms. The van der Waals surface area contributed by atoms with E-state index in [-0.39, 0.29) is 6.04 Å². The third kappa shape index (κ3) is 2.61. The van der Waals surface area contributed by atoms with Gasteiger partial charge in [0.25, 0.3) is 0 Å². The van der Waals surface area contributed by atoms with E-state index in [9.17, 15) is 0 Å². The fourth-order valence-electron chi connectivity index (χ4n) is 1.95. The number of aromatic nitrogens is 3. The molecule has 1 unspecified atom stereocenters. The molecule has 0 aliphatic heterocycles. The van der Waals surface area contributed by atoms with Crippen molar-refractivity contribution >= 4 is 27.5 Å². The summed E-state index contributed by atoms with van der Waals surface area (Å²) in [5, 5.41) is 7.69. The summed E-state index contributed by atoms with van der Waals surface area (Å²) in [4.78, 5) is 4.43. The topological polar surface area (TPSA) is 42.2 Å². The predicted molar refractivity (Wildman–Crippen MR) is 79.2 cm³/mol. The van der Waals surface area contributed by atoms with E-state index < -0.39 is 0 Å². The fourth-order valence-corrected chi connectivity index (χ4v) is 2.36. The third-order valence-electron chi connectivity index (χ3n) is 2.94. The lowest BCUT2D eigenvalue weighted by Crippen LogP contribution is -2.07. The monoisotopic (exact) mass is 316 g/mol. The summed E-state index contributed by atoms with van der Waals surface area (Å²) >= 11 is 3.48. The van der Waals surface area contributed by atoms with Crippen LogP contribution in [0.5, 0.6) is 0 Å². The Morgan fingerprint density at radius 3 is 2.89 bits per heavy atom. The summed E-state index contributed by atoms with van der Waals surface area (Å²) in [6.45, 7) is 2.09. The average Bonchev–Trinajstić information content (AvgIpc) is 2.80. The van der Waals surface area contributed by atoms with E-state index in [2.05, 4.69) is 50.4 Å². The fraction of sp³-hybridized carbons (Fsp3) is 0.143. The molecule has 2 aromatic heterocycles. The van der Waals surface area contributed by atoms with E-state index in [0.717, 1.165) is 10.1 Å². The number of hydrogen-bond donors (Lipinski definition) is 1. The summed E-state index contributed by atoms with van der Waals surface area (Å²) in [7, 11) is 0. The van der Waals surface area contributed by atoms with Crippen LogP contribution in [0.1, 0.15) is 18.5 Å². The van der Waals surface area contributed by atoms with Gasteiger partial charge in [0.15, 0.2) is 5.65 Å². The first-order chi connectivity index (χ1) is 9.22. The molecular formula is C14H13BrN4. The lowest BCUT2D eigenvalue weighted by Gasteiger charge is -2.12. The Morgan fingerprint density at radius 2 is 2.11 bits per heavy atom. The molecule has 2 heterocycles. The molecule has 0 amide bonds. The molecule has 96 valence electrons. The molecule has 0 fully saturated rings. The molecule has 5 heteroatoms. The van der Waals surface area contributed by atoms with Gasteiger partial charge in [-0.3, -0.25) is 0 Å². The van der Waals surface area contributed by atoms with Gasteiger partial charge in [0.05, 0.1) is 6.04 Å². The molecule has 1 atom stereocenters. The lowest BCUT2D eigenvalue weighted by molar-refractivity contribution is 0.852. The van der Waals surface area contributed by atoms with Gasteiger partial charge in [0.2, 0.25) is 5.95 Å². The molecule has 0 saturated carbocycles. The highest BCUT2D eigenvalue weighted by atomic mass is 79.9. The number of nitrogens with one attached hydrogen (secondary N) is 1. The number of pyridine rings is 1. The standard InChI is InChI=1S/C14H13BrN4/c1-10(11-5-4-6-12(15)9-11)16-14-17-13-7-2-3-8-19(13)18-14/h2-10H,1H3,(H,16,18). The van der Waals surface area contributed by atoms with Gasteiger partial charge in [-0.25, -0.2) is 4.52 Å². The van der Waals surface area contributed by atoms with Crippen molar-refractivity contribution in [1.29, 1.82) is 0 Å². The maximum atomic E-state index is 4.43. The largest absolute Gasteiger partial charge is 0.346 e. The summed E-state index contributed by atoms with van der Waals surface area (Å²) < 4.78 is 2.83. The van der Waals surface area contributed by atoms with Gasteiger partial charge in [-0.2, -0.15) is 4.98 Å². The molecule has 3 aromatic rings. The molecule has 0 saturated heterocycles. The van der Waals surface area contributed by atoms with Gasteiger partial charge in [-0.1, -0.05) is 34.1 Å². The van der Waals surface area contributed by atoms with Crippen molar-refractivity contribution in [1.82, 2.24) is 14.6 Å². The summed E-state index contributed by atoms with van der Waals surface area (Å²) in [5.74, 6) is 0.638. The normalized spacial score (nSPS) is 12.5. The van der Waals surface area contributed by atoms with Crippen molar-refractivity contribution in [2.45, 2.75) is 13.0 Å². The quantitative estimate of drug-likeness (QED) is 0.801. The number of halogens is 1. The van der Waals surface area contributed by atoms with Crippen LogP contribution in [0, 0.1) is 0 Å². The molecule has 0 aliphatic rings. The van der Waals surface area contributed by atoms with Gasteiger partial charge < -0.3 is 5.32 Å². The zero-order chi connectivity index (χ0) is 13.2. The van der Waals surface area contributed by atoms with Crippen LogP contribution in [-0.4, -0.2) is 14.6 Å². The number of hydrogen-bond acceptors (Lipinski definition) is 3. The van der Waals surface area contributed by atoms with E-state index in [0.29, 0.717) is 5.95 Å². The molecule has 0 aliphatic carbocycles. The lowest BCUT2D eigenvalue weighted by atomic mass is 10.1. The van der Waals surface area contributed by atoms with E-state index in [1.54, 1.807) is 4.52 Å². The third-order valence-corrected chi connectivity index (χ3v) is 3.43. The Bertz CT molecular complexity index is 674. The molecule has 0 bridgehead atoms. The zero-order valence-corrected chi connectivity index (χ0v) is 12.0. The summed E-state index contributed by atoms with van der Waals surface area (Å²) in [6.07, 6.45) is 1.89. The molecule has 4 nitrogen and oxygen atoms in total. The van der Waals surface area contributed by atoms with Crippen molar-refractivity contribution in [3.63, 3.8) is 0 Å². The first-order valence-corrected chi connectivity index (χ1v) is 6.85. The number of benzene rings is 1. The van der Waals surface area contributed by atoms with Crippen molar-refractivity contribution in [3.05, 3.63) is 58.7 Å². The molecule has 1 aromatic carbocycles. The number of fused-ring (bicyclic) bond motifs is 1. The summed E-state index contributed by atoms with van der Waals surface area (Å²) in [6, 6.07) is 14.2. The van der Waals surface area contributed by atoms with Gasteiger partial charge in [0.1, 0.15) is 0 Å². The Balaban J connectivity index is 1.84. The van der Waals surface area contributed by atoms with E-state index >= 15 is 0 Å². The van der Waals surface area contributed by atoms with Crippen LogP contribution in [0.2, 0.25) is 0 Å². The summed E-state index contributed by atoms with van der Waals surface area (Å²) in [5.41, 5.74) is 2.03. The van der Waals surface area contributed by atoms with Crippen LogP contribution in [-0.2, 0) is 0 Å². The minimum atomic E-state index is 0.148. The Labute approximate surface area is 119 Å². The van der Waals surface area contributed by atoms with Gasteiger partial charge in [0, 0.05) is 10.7 Å². The number of nitrogens with zero attached hydrogens (tertiary/aromatic N) is 3. The van der Waals surface area contributed by atoms with Crippen LogP contribution in [0.3, 0.4) is 0 Å². The smallest absolute Gasteiger partial charge is 0.243 e. The van der Waals surface area contributed by atoms with Gasteiger partial charge >= 0.3 is 0 Å². The first-order valence-electron chi connectivity index (χ1n) is 6.06. The van der Waals surface area contributed by atoms with Crippen LogP contribution >= 0.6 is 15.9 Å². The minimum absolute atomic E-state index is 0.148. The predicted octanol–water partition coefficient (Wildman–Crippen LogP) is 3.66. The van der Waals surface area contributed by atoms with E-state index in [1.165, 1.54) is 5.56 Å². The molecule has 1 N–H and O–H groups in total. The van der Waals surface area contributed by atoms with Gasteiger partial charge in [-0.15, -0.1) is 5.10 Å². The minimum Gasteiger partial charge on any atom is -0.346 e. The van der Waals surface area contributed by atoms with Crippen molar-refractivity contribution in [2.75, 3.05) is 5.32 Å². The Hall–Kier alpha value is -1.88. The first kappa shape index (κ1) is 12.2. The second kappa shape index (κ2) is 5.01. The molecule has 0 radical (unpaired) electrons. The molecular weight excluding hydrogens is 304 g/mol. The molecule has 0 spiro atoms. The highest BCUT2D eigenvalue weighted by molar-refractivity contribution is 9.10. The maximum Gasteiger partial charge on any atom is 0.243 e. The van der Waals surface area contributed by atoms with Crippen molar-refractivity contribution in [2.24, 2.45) is 0 Å². The van der Waals surface area contributed by atoms with Crippen molar-refractivity contribution in [3.8, 4) is 0 Å². The van der Waals surface area contributed by atoms with Gasteiger partial charge in [-0.05, 0) is 36.8 Å². The molecule has 3 rings (SSSR count). The van der Waals surface area contributed by atoms with E-state index in [4.69, 9.17) is 0 Å². The SMILES string of the molecule is CC(Nc1nc2ccccn2n1)c1cccc(Br)c1. The Kier molecular flexibility index (Phi) is 3.21. The number of anilines is 1. The van der Waals surface area contributed by atoms with Crippen LogP contribution < -0.4 is 5.32 Å². The van der Waals surface area contributed by atoms with E-state index in [1.807, 2.05) is 36.5 Å². The second-order valence-corrected chi connectivity index (χ2v) is 5.28. The van der Waals surface area contributed by atoms with Crippen LogP contribution in [0.4, 0.5) is 5.95 Å². The van der Waals surface area contributed by atoms with Crippen LogP contribution in [0.25, 0.3) is 5.65 Å². The highest BCUT2D eigenvalue weighted by Gasteiger charge is 2.09. The number of rotatable bonds is 3. The van der Waals surface area contributed by atoms with Crippen LogP contribution in [0.15, 0.2) is 53.1 Å². The maximum absolute atomic E-state index is 4.43.